The number of Topliss-reactive ketones (excluding diaryl/α,β-unsaturated/α-hetero) is 1. The zero-order chi connectivity index (χ0) is 20.9. The third kappa shape index (κ3) is 5.40. The fraction of sp³-hybridized carbons (Fsp3) is 0.292. The zero-order valence-electron chi connectivity index (χ0n) is 16.6. The molecule has 0 amide bonds. The van der Waals surface area contributed by atoms with Crippen molar-refractivity contribution in [3.8, 4) is 0 Å². The normalized spacial score (nSPS) is 16.5. The number of halogens is 2. The Hall–Kier alpha value is -1.50. The Labute approximate surface area is 195 Å². The first kappa shape index (κ1) is 21.7. The lowest BCUT2D eigenvalue weighted by molar-refractivity contribution is 0.0896. The molecule has 0 aliphatic carbocycles. The highest BCUT2D eigenvalue weighted by Gasteiger charge is 2.26. The highest BCUT2D eigenvalue weighted by atomic mass is 79.9. The average Bonchev–Trinajstić information content (AvgIpc) is 3.22. The van der Waals surface area contributed by atoms with Crippen molar-refractivity contribution in [2.24, 2.45) is 0 Å². The van der Waals surface area contributed by atoms with Crippen molar-refractivity contribution < 1.29 is 4.79 Å². The quantitative estimate of drug-likeness (QED) is 0.362. The van der Waals surface area contributed by atoms with Gasteiger partial charge >= 0.3 is 0 Å². The molecule has 3 aromatic rings. The number of hydrogen-bond donors (Lipinski definition) is 0. The first-order valence-corrected chi connectivity index (χ1v) is 12.1. The van der Waals surface area contributed by atoms with Crippen molar-refractivity contribution in [3.63, 3.8) is 0 Å². The number of carbonyl (C=O) groups excluding carboxylic acids is 1. The Morgan fingerprint density at radius 3 is 2.23 bits per heavy atom. The molecule has 30 heavy (non-hydrogen) atoms. The lowest BCUT2D eigenvalue weighted by Gasteiger charge is -2.39. The van der Waals surface area contributed by atoms with Crippen molar-refractivity contribution in [2.45, 2.75) is 12.5 Å². The van der Waals surface area contributed by atoms with E-state index in [0.717, 1.165) is 46.4 Å². The number of thiophene rings is 1. The van der Waals surface area contributed by atoms with E-state index in [1.165, 1.54) is 22.5 Å². The SMILES string of the molecule is O=C(CCN1CCN(C(c2ccccc2)c2ccc(Cl)cc2)CC1)c1ccc(Br)s1. The summed E-state index contributed by atoms with van der Waals surface area (Å²) < 4.78 is 1.01. The second-order valence-electron chi connectivity index (χ2n) is 7.52. The van der Waals surface area contributed by atoms with Crippen molar-refractivity contribution in [1.82, 2.24) is 9.80 Å². The monoisotopic (exact) mass is 502 g/mol. The predicted octanol–water partition coefficient (Wildman–Crippen LogP) is 6.14. The molecule has 2 heterocycles. The van der Waals surface area contributed by atoms with Gasteiger partial charge < -0.3 is 4.90 Å². The third-order valence-electron chi connectivity index (χ3n) is 5.58. The van der Waals surface area contributed by atoms with Gasteiger partial charge in [0.1, 0.15) is 0 Å². The van der Waals surface area contributed by atoms with Crippen molar-refractivity contribution in [3.05, 3.63) is 91.5 Å². The largest absolute Gasteiger partial charge is 0.300 e. The highest BCUT2D eigenvalue weighted by Crippen LogP contribution is 2.30. The number of carbonyl (C=O) groups is 1. The smallest absolute Gasteiger partial charge is 0.174 e. The van der Waals surface area contributed by atoms with Gasteiger partial charge in [0.2, 0.25) is 0 Å². The Bertz CT molecular complexity index is 968. The number of benzene rings is 2. The van der Waals surface area contributed by atoms with Crippen LogP contribution >= 0.6 is 38.9 Å². The molecule has 6 heteroatoms. The van der Waals surface area contributed by atoms with Crippen LogP contribution in [0.4, 0.5) is 0 Å². The molecule has 1 fully saturated rings. The minimum atomic E-state index is 0.218. The number of ketones is 1. The van der Waals surface area contributed by atoms with Crippen LogP contribution < -0.4 is 0 Å². The van der Waals surface area contributed by atoms with Crippen LogP contribution in [0, 0.1) is 0 Å². The number of rotatable bonds is 7. The molecule has 1 atom stereocenters. The number of hydrogen-bond acceptors (Lipinski definition) is 4. The van der Waals surface area contributed by atoms with E-state index in [2.05, 4.69) is 68.2 Å². The molecule has 1 aliphatic rings. The van der Waals surface area contributed by atoms with Gasteiger partial charge in [0.05, 0.1) is 14.7 Å². The van der Waals surface area contributed by atoms with Gasteiger partial charge in [-0.3, -0.25) is 9.69 Å². The van der Waals surface area contributed by atoms with E-state index in [4.69, 9.17) is 11.6 Å². The maximum absolute atomic E-state index is 12.4. The molecule has 1 aliphatic heterocycles. The molecule has 0 bridgehead atoms. The van der Waals surface area contributed by atoms with Gasteiger partial charge in [-0.15, -0.1) is 11.3 Å². The topological polar surface area (TPSA) is 23.6 Å². The maximum atomic E-state index is 12.4. The Kier molecular flexibility index (Phi) is 7.39. The molecule has 0 radical (unpaired) electrons. The van der Waals surface area contributed by atoms with Crippen LogP contribution in [0.25, 0.3) is 0 Å². The van der Waals surface area contributed by atoms with E-state index in [1.807, 2.05) is 24.3 Å². The summed E-state index contributed by atoms with van der Waals surface area (Å²) in [5.41, 5.74) is 2.56. The molecule has 1 aromatic heterocycles. The standard InChI is InChI=1S/C24H24BrClN2OS/c25-23-11-10-22(30-23)21(29)12-13-27-14-16-28(17-15-27)24(18-4-2-1-3-5-18)19-6-8-20(26)9-7-19/h1-11,24H,12-17H2. The Morgan fingerprint density at radius 2 is 1.60 bits per heavy atom. The maximum Gasteiger partial charge on any atom is 0.174 e. The number of nitrogens with zero attached hydrogens (tertiary/aromatic N) is 2. The predicted molar refractivity (Wildman–Crippen MR) is 129 cm³/mol. The fourth-order valence-electron chi connectivity index (χ4n) is 3.99. The molecule has 4 rings (SSSR count). The molecule has 0 N–H and O–H groups in total. The van der Waals surface area contributed by atoms with Crippen LogP contribution in [0.1, 0.15) is 33.3 Å². The summed E-state index contributed by atoms with van der Waals surface area (Å²) in [6, 6.07) is 22.9. The molecule has 2 aromatic carbocycles. The second kappa shape index (κ2) is 10.2. The summed E-state index contributed by atoms with van der Waals surface area (Å²) in [7, 11) is 0. The van der Waals surface area contributed by atoms with Crippen LogP contribution in [0.5, 0.6) is 0 Å². The molecule has 156 valence electrons. The molecular weight excluding hydrogens is 480 g/mol. The minimum Gasteiger partial charge on any atom is -0.300 e. The van der Waals surface area contributed by atoms with Gasteiger partial charge in [0.25, 0.3) is 0 Å². The van der Waals surface area contributed by atoms with Crippen molar-refractivity contribution in [2.75, 3.05) is 32.7 Å². The lowest BCUT2D eigenvalue weighted by atomic mass is 9.96. The lowest BCUT2D eigenvalue weighted by Crippen LogP contribution is -2.48. The first-order chi connectivity index (χ1) is 14.6. The minimum absolute atomic E-state index is 0.218. The zero-order valence-corrected chi connectivity index (χ0v) is 19.8. The second-order valence-corrected chi connectivity index (χ2v) is 10.4. The van der Waals surface area contributed by atoms with E-state index < -0.39 is 0 Å². The summed E-state index contributed by atoms with van der Waals surface area (Å²) in [5, 5.41) is 0.762. The van der Waals surface area contributed by atoms with E-state index in [9.17, 15) is 4.79 Å². The Morgan fingerprint density at radius 1 is 0.933 bits per heavy atom. The van der Waals surface area contributed by atoms with E-state index in [-0.39, 0.29) is 11.8 Å². The van der Waals surface area contributed by atoms with Gasteiger partial charge in [0.15, 0.2) is 5.78 Å². The molecule has 0 saturated carbocycles. The summed E-state index contributed by atoms with van der Waals surface area (Å²) in [6.07, 6.45) is 0.576. The van der Waals surface area contributed by atoms with Crippen LogP contribution in [0.3, 0.4) is 0 Å². The van der Waals surface area contributed by atoms with Crippen LogP contribution in [-0.4, -0.2) is 48.3 Å². The van der Waals surface area contributed by atoms with E-state index >= 15 is 0 Å². The number of piperazine rings is 1. The summed E-state index contributed by atoms with van der Waals surface area (Å²) >= 11 is 11.1. The van der Waals surface area contributed by atoms with Crippen LogP contribution in [-0.2, 0) is 0 Å². The summed E-state index contributed by atoms with van der Waals surface area (Å²) in [4.78, 5) is 18.2. The molecule has 1 unspecified atom stereocenters. The molecular formula is C24H24BrClN2OS. The Balaban J connectivity index is 1.39. The van der Waals surface area contributed by atoms with Crippen LogP contribution in [0.15, 0.2) is 70.5 Å². The average molecular weight is 504 g/mol. The highest BCUT2D eigenvalue weighted by molar-refractivity contribution is 9.11. The molecule has 0 spiro atoms. The molecule has 3 nitrogen and oxygen atoms in total. The van der Waals surface area contributed by atoms with Gasteiger partial charge in [0, 0.05) is 44.2 Å². The van der Waals surface area contributed by atoms with Gasteiger partial charge in [-0.05, 0) is 51.3 Å². The van der Waals surface area contributed by atoms with Crippen molar-refractivity contribution in [1.29, 1.82) is 0 Å². The van der Waals surface area contributed by atoms with Crippen molar-refractivity contribution >= 4 is 44.7 Å². The summed E-state index contributed by atoms with van der Waals surface area (Å²) in [5.74, 6) is 0.233. The van der Waals surface area contributed by atoms with Gasteiger partial charge in [-0.25, -0.2) is 0 Å². The third-order valence-corrected chi connectivity index (χ3v) is 7.49. The molecule has 1 saturated heterocycles. The van der Waals surface area contributed by atoms with Gasteiger partial charge in [-0.2, -0.15) is 0 Å². The van der Waals surface area contributed by atoms with E-state index in [0.29, 0.717) is 6.42 Å². The fourth-order valence-corrected chi connectivity index (χ4v) is 5.47. The van der Waals surface area contributed by atoms with Crippen LogP contribution in [0.2, 0.25) is 5.02 Å². The summed E-state index contributed by atoms with van der Waals surface area (Å²) in [6.45, 7) is 4.71. The van der Waals surface area contributed by atoms with E-state index in [1.54, 1.807) is 0 Å². The first-order valence-electron chi connectivity index (χ1n) is 10.2. The van der Waals surface area contributed by atoms with Gasteiger partial charge in [-0.1, -0.05) is 54.1 Å².